The maximum atomic E-state index is 9.05. The molecule has 0 radical (unpaired) electrons. The molecule has 92 valence electrons. The first-order valence-corrected chi connectivity index (χ1v) is 6.20. The van der Waals surface area contributed by atoms with Crippen molar-refractivity contribution >= 4 is 10.9 Å². The minimum Gasteiger partial charge on any atom is -0.236 e. The molecule has 0 bridgehead atoms. The lowest BCUT2D eigenvalue weighted by Crippen LogP contribution is -2.01. The maximum Gasteiger partial charge on any atom is 0.0931 e. The first kappa shape index (κ1) is 11.5. The molecule has 0 aliphatic rings. The summed E-state index contributed by atoms with van der Waals surface area (Å²) in [6, 6.07) is 18.3. The minimum atomic E-state index is 0.356. The van der Waals surface area contributed by atoms with Crippen LogP contribution in [0.2, 0.25) is 0 Å². The zero-order valence-corrected chi connectivity index (χ0v) is 10.7. The molecule has 0 aliphatic carbocycles. The molecule has 0 saturated carbocycles. The second-order valence-electron chi connectivity index (χ2n) is 4.55. The summed E-state index contributed by atoms with van der Waals surface area (Å²) in [7, 11) is 0. The third-order valence-corrected chi connectivity index (χ3v) is 3.17. The Morgan fingerprint density at radius 1 is 1.16 bits per heavy atom. The van der Waals surface area contributed by atoms with Crippen molar-refractivity contribution in [1.82, 2.24) is 9.78 Å². The Morgan fingerprint density at radius 2 is 1.95 bits per heavy atom. The van der Waals surface area contributed by atoms with E-state index in [1.54, 1.807) is 0 Å². The van der Waals surface area contributed by atoms with Crippen LogP contribution in [0.15, 0.2) is 48.5 Å². The van der Waals surface area contributed by atoms with Crippen LogP contribution in [-0.4, -0.2) is 9.78 Å². The lowest BCUT2D eigenvalue weighted by Gasteiger charge is -2.04. The number of aryl methyl sites for hydroxylation is 1. The number of nitriles is 1. The molecule has 3 nitrogen and oxygen atoms in total. The average Bonchev–Trinajstić information content (AvgIpc) is 2.79. The van der Waals surface area contributed by atoms with Gasteiger partial charge in [-0.05, 0) is 31.2 Å². The van der Waals surface area contributed by atoms with Gasteiger partial charge in [0, 0.05) is 5.39 Å². The first-order chi connectivity index (χ1) is 9.29. The summed E-state index contributed by atoms with van der Waals surface area (Å²) < 4.78 is 1.87. The van der Waals surface area contributed by atoms with Crippen LogP contribution >= 0.6 is 0 Å². The third kappa shape index (κ3) is 1.98. The van der Waals surface area contributed by atoms with Crippen LogP contribution in [0.4, 0.5) is 0 Å². The quantitative estimate of drug-likeness (QED) is 0.696. The van der Waals surface area contributed by atoms with Gasteiger partial charge in [0.25, 0.3) is 0 Å². The van der Waals surface area contributed by atoms with Crippen molar-refractivity contribution in [3.8, 4) is 11.8 Å². The first-order valence-electron chi connectivity index (χ1n) is 6.20. The average molecular weight is 247 g/mol. The van der Waals surface area contributed by atoms with E-state index in [-0.39, 0.29) is 0 Å². The van der Waals surface area contributed by atoms with Gasteiger partial charge in [0.1, 0.15) is 0 Å². The highest BCUT2D eigenvalue weighted by atomic mass is 15.3. The number of hydrogen-bond acceptors (Lipinski definition) is 2. The summed E-state index contributed by atoms with van der Waals surface area (Å²) >= 11 is 0. The van der Waals surface area contributed by atoms with E-state index in [0.29, 0.717) is 6.42 Å². The molecule has 1 heterocycles. The van der Waals surface area contributed by atoms with Crippen LogP contribution in [-0.2, 0) is 6.42 Å². The Hall–Kier alpha value is -2.60. The number of hydrogen-bond donors (Lipinski definition) is 0. The fraction of sp³-hybridized carbons (Fsp3) is 0.125. The SMILES string of the molecule is Cc1ccc2nn(-c3ccccc3)c(CC#N)c2c1. The van der Waals surface area contributed by atoms with Gasteiger partial charge in [-0.25, -0.2) is 4.68 Å². The van der Waals surface area contributed by atoms with E-state index in [1.807, 2.05) is 47.1 Å². The van der Waals surface area contributed by atoms with Crippen molar-refractivity contribution in [2.75, 3.05) is 0 Å². The zero-order valence-electron chi connectivity index (χ0n) is 10.7. The topological polar surface area (TPSA) is 41.6 Å². The molecule has 1 aromatic heterocycles. The van der Waals surface area contributed by atoms with E-state index < -0.39 is 0 Å². The molecule has 0 atom stereocenters. The number of benzene rings is 2. The third-order valence-electron chi connectivity index (χ3n) is 3.17. The Labute approximate surface area is 111 Å². The van der Waals surface area contributed by atoms with Gasteiger partial charge in [-0.2, -0.15) is 10.4 Å². The number of aromatic nitrogens is 2. The molecular weight excluding hydrogens is 234 g/mol. The number of rotatable bonds is 2. The van der Waals surface area contributed by atoms with Crippen LogP contribution in [0.3, 0.4) is 0 Å². The lowest BCUT2D eigenvalue weighted by atomic mass is 10.1. The monoisotopic (exact) mass is 247 g/mol. The molecule has 0 N–H and O–H groups in total. The maximum absolute atomic E-state index is 9.05. The number of fused-ring (bicyclic) bond motifs is 1. The Morgan fingerprint density at radius 3 is 2.68 bits per heavy atom. The van der Waals surface area contributed by atoms with Gasteiger partial charge in [0.2, 0.25) is 0 Å². The Balaban J connectivity index is 2.30. The highest BCUT2D eigenvalue weighted by Crippen LogP contribution is 2.23. The zero-order chi connectivity index (χ0) is 13.2. The van der Waals surface area contributed by atoms with E-state index in [0.717, 1.165) is 22.3 Å². The van der Waals surface area contributed by atoms with E-state index >= 15 is 0 Å². The summed E-state index contributed by atoms with van der Waals surface area (Å²) in [6.07, 6.45) is 0.356. The fourth-order valence-corrected chi connectivity index (χ4v) is 2.28. The predicted octanol–water partition coefficient (Wildman–Crippen LogP) is 3.40. The van der Waals surface area contributed by atoms with Crippen molar-refractivity contribution in [3.05, 3.63) is 59.8 Å². The molecule has 3 rings (SSSR count). The predicted molar refractivity (Wildman–Crippen MR) is 75.1 cm³/mol. The van der Waals surface area contributed by atoms with Gasteiger partial charge in [-0.3, -0.25) is 0 Å². The molecule has 2 aromatic carbocycles. The van der Waals surface area contributed by atoms with Crippen LogP contribution in [0, 0.1) is 18.3 Å². The van der Waals surface area contributed by atoms with Crippen molar-refractivity contribution in [1.29, 1.82) is 5.26 Å². The molecule has 0 fully saturated rings. The van der Waals surface area contributed by atoms with Crippen LogP contribution in [0.25, 0.3) is 16.6 Å². The molecule has 0 saturated heterocycles. The van der Waals surface area contributed by atoms with Crippen molar-refractivity contribution in [2.45, 2.75) is 13.3 Å². The normalized spacial score (nSPS) is 10.5. The molecular formula is C16H13N3. The van der Waals surface area contributed by atoms with Crippen molar-refractivity contribution < 1.29 is 0 Å². The van der Waals surface area contributed by atoms with Gasteiger partial charge in [0.05, 0.1) is 29.4 Å². The minimum absolute atomic E-state index is 0.356. The molecule has 3 aromatic rings. The number of nitrogens with zero attached hydrogens (tertiary/aromatic N) is 3. The van der Waals surface area contributed by atoms with E-state index in [4.69, 9.17) is 5.26 Å². The lowest BCUT2D eigenvalue weighted by molar-refractivity contribution is 0.844. The summed E-state index contributed by atoms with van der Waals surface area (Å²) in [6.45, 7) is 2.05. The molecule has 0 spiro atoms. The summed E-state index contributed by atoms with van der Waals surface area (Å²) in [4.78, 5) is 0. The highest BCUT2D eigenvalue weighted by Gasteiger charge is 2.12. The van der Waals surface area contributed by atoms with E-state index in [2.05, 4.69) is 24.2 Å². The van der Waals surface area contributed by atoms with Crippen LogP contribution in [0.5, 0.6) is 0 Å². The van der Waals surface area contributed by atoms with Gasteiger partial charge in [-0.1, -0.05) is 29.8 Å². The standard InChI is InChI=1S/C16H13N3/c1-12-7-8-15-14(11-12)16(9-10-17)19(18-15)13-5-3-2-4-6-13/h2-8,11H,9H2,1H3. The molecule has 0 amide bonds. The van der Waals surface area contributed by atoms with E-state index in [9.17, 15) is 0 Å². The van der Waals surface area contributed by atoms with Gasteiger partial charge >= 0.3 is 0 Å². The molecule has 0 unspecified atom stereocenters. The fourth-order valence-electron chi connectivity index (χ4n) is 2.28. The van der Waals surface area contributed by atoms with Crippen LogP contribution < -0.4 is 0 Å². The summed E-state index contributed by atoms with van der Waals surface area (Å²) in [5.41, 5.74) is 4.05. The molecule has 19 heavy (non-hydrogen) atoms. The van der Waals surface area contributed by atoms with Crippen molar-refractivity contribution in [3.63, 3.8) is 0 Å². The largest absolute Gasteiger partial charge is 0.236 e. The Kier molecular flexibility index (Phi) is 2.77. The smallest absolute Gasteiger partial charge is 0.0931 e. The van der Waals surface area contributed by atoms with Crippen LogP contribution in [0.1, 0.15) is 11.3 Å². The van der Waals surface area contributed by atoms with E-state index in [1.165, 1.54) is 5.56 Å². The highest BCUT2D eigenvalue weighted by molar-refractivity contribution is 5.83. The molecule has 3 heteroatoms. The molecule has 0 aliphatic heterocycles. The van der Waals surface area contributed by atoms with Gasteiger partial charge in [0.15, 0.2) is 0 Å². The number of para-hydroxylation sites is 1. The summed E-state index contributed by atoms with van der Waals surface area (Å²) in [5, 5.41) is 14.7. The van der Waals surface area contributed by atoms with Crippen molar-refractivity contribution in [2.24, 2.45) is 0 Å². The van der Waals surface area contributed by atoms with Gasteiger partial charge < -0.3 is 0 Å². The van der Waals surface area contributed by atoms with Gasteiger partial charge in [-0.15, -0.1) is 0 Å². The Bertz CT molecular complexity index is 764. The second-order valence-corrected chi connectivity index (χ2v) is 4.55. The second kappa shape index (κ2) is 4.58. The summed E-state index contributed by atoms with van der Waals surface area (Å²) in [5.74, 6) is 0.